The van der Waals surface area contributed by atoms with E-state index in [9.17, 15) is 4.79 Å². The fourth-order valence-corrected chi connectivity index (χ4v) is 2.24. The Labute approximate surface area is 117 Å². The first-order valence-corrected chi connectivity index (χ1v) is 6.60. The van der Waals surface area contributed by atoms with Gasteiger partial charge >= 0.3 is 0 Å². The lowest BCUT2D eigenvalue weighted by Crippen LogP contribution is -2.22. The molecule has 1 heterocycles. The molecule has 3 heteroatoms. The summed E-state index contributed by atoms with van der Waals surface area (Å²) >= 11 is 0. The van der Waals surface area contributed by atoms with Crippen LogP contribution < -0.4 is 5.43 Å². The van der Waals surface area contributed by atoms with Crippen LogP contribution in [0, 0.1) is 13.8 Å². The van der Waals surface area contributed by atoms with Gasteiger partial charge in [0.25, 0.3) is 5.91 Å². The maximum Gasteiger partial charge on any atom is 0.270 e. The smallest absolute Gasteiger partial charge is 0.267 e. The van der Waals surface area contributed by atoms with Crippen molar-refractivity contribution in [2.45, 2.75) is 13.8 Å². The Morgan fingerprint density at radius 1 is 1.00 bits per heavy atom. The van der Waals surface area contributed by atoms with Crippen LogP contribution in [0.15, 0.2) is 54.7 Å². The highest BCUT2D eigenvalue weighted by Crippen LogP contribution is 2.15. The van der Waals surface area contributed by atoms with E-state index in [0.717, 1.165) is 16.5 Å². The van der Waals surface area contributed by atoms with Gasteiger partial charge in [0, 0.05) is 17.1 Å². The van der Waals surface area contributed by atoms with Gasteiger partial charge in [-0.15, -0.1) is 0 Å². The Morgan fingerprint density at radius 3 is 2.60 bits per heavy atom. The molecule has 0 aliphatic carbocycles. The van der Waals surface area contributed by atoms with E-state index in [4.69, 9.17) is 0 Å². The topological polar surface area (TPSA) is 34.0 Å². The third-order valence-corrected chi connectivity index (χ3v) is 3.59. The van der Waals surface area contributed by atoms with Gasteiger partial charge in [0.15, 0.2) is 0 Å². The second-order valence-electron chi connectivity index (χ2n) is 4.98. The molecule has 0 aliphatic heterocycles. The SMILES string of the molecule is Cc1ccc(C(=O)Nn2ccc3ccccc32)cc1C. The first kappa shape index (κ1) is 12.5. The van der Waals surface area contributed by atoms with E-state index >= 15 is 0 Å². The molecule has 0 radical (unpaired) electrons. The molecular weight excluding hydrogens is 248 g/mol. The molecule has 1 amide bonds. The van der Waals surface area contributed by atoms with Gasteiger partial charge in [-0.05, 0) is 49.2 Å². The molecular formula is C17H16N2O. The van der Waals surface area contributed by atoms with Crippen molar-refractivity contribution < 1.29 is 4.79 Å². The number of benzene rings is 2. The molecule has 100 valence electrons. The van der Waals surface area contributed by atoms with Crippen LogP contribution in [0.25, 0.3) is 10.9 Å². The fraction of sp³-hybridized carbons (Fsp3) is 0.118. The molecule has 3 aromatic rings. The number of carbonyl (C=O) groups is 1. The maximum atomic E-state index is 12.3. The van der Waals surface area contributed by atoms with Crippen LogP contribution in [-0.2, 0) is 0 Å². The number of hydrogen-bond donors (Lipinski definition) is 1. The van der Waals surface area contributed by atoms with Crippen molar-refractivity contribution in [3.63, 3.8) is 0 Å². The van der Waals surface area contributed by atoms with Gasteiger partial charge in [-0.25, -0.2) is 0 Å². The van der Waals surface area contributed by atoms with Crippen LogP contribution in [0.3, 0.4) is 0 Å². The molecule has 0 spiro atoms. The summed E-state index contributed by atoms with van der Waals surface area (Å²) in [7, 11) is 0. The van der Waals surface area contributed by atoms with E-state index in [0.29, 0.717) is 5.56 Å². The molecule has 0 saturated heterocycles. The van der Waals surface area contributed by atoms with Crippen molar-refractivity contribution in [2.24, 2.45) is 0 Å². The molecule has 0 unspecified atom stereocenters. The quantitative estimate of drug-likeness (QED) is 0.753. The van der Waals surface area contributed by atoms with Crippen molar-refractivity contribution in [1.82, 2.24) is 4.68 Å². The minimum Gasteiger partial charge on any atom is -0.267 e. The molecule has 3 rings (SSSR count). The number of nitrogens with one attached hydrogen (secondary N) is 1. The fourth-order valence-electron chi connectivity index (χ4n) is 2.24. The van der Waals surface area contributed by atoms with E-state index < -0.39 is 0 Å². The largest absolute Gasteiger partial charge is 0.270 e. The first-order chi connectivity index (χ1) is 9.65. The highest BCUT2D eigenvalue weighted by Gasteiger charge is 2.08. The second kappa shape index (κ2) is 4.85. The first-order valence-electron chi connectivity index (χ1n) is 6.60. The Kier molecular flexibility index (Phi) is 3.03. The lowest BCUT2D eigenvalue weighted by atomic mass is 10.1. The third kappa shape index (κ3) is 2.18. The number of aryl methyl sites for hydroxylation is 2. The van der Waals surface area contributed by atoms with Crippen molar-refractivity contribution in [3.05, 3.63) is 71.4 Å². The van der Waals surface area contributed by atoms with Crippen LogP contribution >= 0.6 is 0 Å². The van der Waals surface area contributed by atoms with E-state index in [1.54, 1.807) is 4.68 Å². The molecule has 0 atom stereocenters. The molecule has 1 aromatic heterocycles. The third-order valence-electron chi connectivity index (χ3n) is 3.59. The Balaban J connectivity index is 1.90. The van der Waals surface area contributed by atoms with E-state index in [1.165, 1.54) is 5.56 Å². The van der Waals surface area contributed by atoms with Gasteiger partial charge in [-0.1, -0.05) is 24.3 Å². The zero-order valence-electron chi connectivity index (χ0n) is 11.6. The number of fused-ring (bicyclic) bond motifs is 1. The Bertz CT molecular complexity index is 787. The molecule has 0 saturated carbocycles. The van der Waals surface area contributed by atoms with Crippen LogP contribution in [0.1, 0.15) is 21.5 Å². The predicted molar refractivity (Wildman–Crippen MR) is 81.5 cm³/mol. The summed E-state index contributed by atoms with van der Waals surface area (Å²) < 4.78 is 1.76. The summed E-state index contributed by atoms with van der Waals surface area (Å²) in [5, 5.41) is 1.10. The standard InChI is InChI=1S/C17H16N2O/c1-12-7-8-15(11-13(12)2)17(20)18-19-10-9-14-5-3-4-6-16(14)19/h3-11H,1-2H3,(H,18,20). The van der Waals surface area contributed by atoms with Gasteiger partial charge < -0.3 is 0 Å². The summed E-state index contributed by atoms with van der Waals surface area (Å²) in [6.07, 6.45) is 1.86. The number of carbonyl (C=O) groups excluding carboxylic acids is 1. The van der Waals surface area contributed by atoms with Crippen molar-refractivity contribution in [2.75, 3.05) is 5.43 Å². The van der Waals surface area contributed by atoms with Crippen molar-refractivity contribution in [3.8, 4) is 0 Å². The normalized spacial score (nSPS) is 10.7. The van der Waals surface area contributed by atoms with Gasteiger partial charge in [0.1, 0.15) is 0 Å². The zero-order valence-corrected chi connectivity index (χ0v) is 11.6. The number of hydrogen-bond acceptors (Lipinski definition) is 1. The second-order valence-corrected chi connectivity index (χ2v) is 4.98. The van der Waals surface area contributed by atoms with E-state index in [2.05, 4.69) is 5.43 Å². The number of rotatable bonds is 2. The Hall–Kier alpha value is -2.55. The summed E-state index contributed by atoms with van der Waals surface area (Å²) in [5.41, 5.74) is 6.88. The summed E-state index contributed by atoms with van der Waals surface area (Å²) in [5.74, 6) is -0.102. The highest BCUT2D eigenvalue weighted by molar-refractivity contribution is 6.01. The van der Waals surface area contributed by atoms with Gasteiger partial charge in [-0.2, -0.15) is 0 Å². The molecule has 0 bridgehead atoms. The predicted octanol–water partition coefficient (Wildman–Crippen LogP) is 3.64. The van der Waals surface area contributed by atoms with Gasteiger partial charge in [-0.3, -0.25) is 14.9 Å². The zero-order chi connectivity index (χ0) is 14.1. The molecule has 0 aliphatic rings. The van der Waals surface area contributed by atoms with Crippen LogP contribution in [0.4, 0.5) is 0 Å². The summed E-state index contributed by atoms with van der Waals surface area (Å²) in [4.78, 5) is 12.3. The number of amides is 1. The molecule has 2 aromatic carbocycles. The minimum atomic E-state index is -0.102. The average molecular weight is 264 g/mol. The average Bonchev–Trinajstić information content (AvgIpc) is 2.85. The summed E-state index contributed by atoms with van der Waals surface area (Å²) in [6.45, 7) is 4.05. The van der Waals surface area contributed by atoms with Crippen molar-refractivity contribution in [1.29, 1.82) is 0 Å². The molecule has 0 fully saturated rings. The molecule has 20 heavy (non-hydrogen) atoms. The van der Waals surface area contributed by atoms with E-state index in [-0.39, 0.29) is 5.91 Å². The highest BCUT2D eigenvalue weighted by atomic mass is 16.2. The summed E-state index contributed by atoms with van der Waals surface area (Å²) in [6, 6.07) is 15.7. The van der Waals surface area contributed by atoms with Crippen molar-refractivity contribution >= 4 is 16.8 Å². The van der Waals surface area contributed by atoms with E-state index in [1.807, 2.05) is 68.6 Å². The lowest BCUT2D eigenvalue weighted by molar-refractivity contribution is 0.101. The number of para-hydroxylation sites is 1. The minimum absolute atomic E-state index is 0.102. The maximum absolute atomic E-state index is 12.3. The van der Waals surface area contributed by atoms with Crippen LogP contribution in [0.2, 0.25) is 0 Å². The Morgan fingerprint density at radius 2 is 1.80 bits per heavy atom. The number of nitrogens with zero attached hydrogens (tertiary/aromatic N) is 1. The number of aromatic nitrogens is 1. The van der Waals surface area contributed by atoms with Gasteiger partial charge in [0.05, 0.1) is 5.52 Å². The van der Waals surface area contributed by atoms with Crippen LogP contribution in [-0.4, -0.2) is 10.6 Å². The molecule has 3 nitrogen and oxygen atoms in total. The molecule has 1 N–H and O–H groups in total. The van der Waals surface area contributed by atoms with Gasteiger partial charge in [0.2, 0.25) is 0 Å². The lowest BCUT2D eigenvalue weighted by Gasteiger charge is -2.09. The van der Waals surface area contributed by atoms with Crippen LogP contribution in [0.5, 0.6) is 0 Å². The monoisotopic (exact) mass is 264 g/mol.